The number of nitrogens with two attached hydrogens (primary N) is 1. The summed E-state index contributed by atoms with van der Waals surface area (Å²) in [4.78, 5) is 11.6. The summed E-state index contributed by atoms with van der Waals surface area (Å²) in [5, 5.41) is 2.46. The van der Waals surface area contributed by atoms with Crippen molar-refractivity contribution in [3.05, 3.63) is 42.0 Å². The number of hydrogen-bond donors (Lipinski definition) is 2. The number of carbonyl (C=O) groups is 1. The summed E-state index contributed by atoms with van der Waals surface area (Å²) in [6.45, 7) is 4.58. The van der Waals surface area contributed by atoms with E-state index in [1.54, 1.807) is 6.08 Å². The first kappa shape index (κ1) is 15.1. The van der Waals surface area contributed by atoms with Crippen LogP contribution in [0, 0.1) is 11.6 Å². The molecule has 0 aliphatic heterocycles. The number of amides is 1. The number of benzene rings is 1. The van der Waals surface area contributed by atoms with E-state index in [-0.39, 0.29) is 17.8 Å². The molecule has 0 atom stereocenters. The van der Waals surface area contributed by atoms with Crippen molar-refractivity contribution in [1.29, 1.82) is 0 Å². The van der Waals surface area contributed by atoms with Gasteiger partial charge in [-0.2, -0.15) is 0 Å². The second kappa shape index (κ2) is 7.48. The molecule has 0 aliphatic carbocycles. The lowest BCUT2D eigenvalue weighted by Gasteiger charge is -2.07. The van der Waals surface area contributed by atoms with Crippen LogP contribution in [0.25, 0.3) is 0 Å². The Morgan fingerprint density at radius 3 is 2.79 bits per heavy atom. The van der Waals surface area contributed by atoms with E-state index in [4.69, 9.17) is 10.5 Å². The van der Waals surface area contributed by atoms with Crippen LogP contribution in [-0.4, -0.2) is 25.7 Å². The first-order valence-corrected chi connectivity index (χ1v) is 5.77. The van der Waals surface area contributed by atoms with Crippen molar-refractivity contribution in [3.8, 4) is 0 Å². The summed E-state index contributed by atoms with van der Waals surface area (Å²) in [6.07, 6.45) is 2.44. The topological polar surface area (TPSA) is 64.3 Å². The molecule has 0 radical (unpaired) electrons. The minimum atomic E-state index is -0.947. The highest BCUT2D eigenvalue weighted by Gasteiger charge is 2.14. The van der Waals surface area contributed by atoms with E-state index in [0.29, 0.717) is 19.3 Å². The maximum Gasteiger partial charge on any atom is 0.254 e. The van der Waals surface area contributed by atoms with Gasteiger partial charge in [-0.25, -0.2) is 8.78 Å². The molecule has 3 N–H and O–H groups in total. The predicted octanol–water partition coefficient (Wildman–Crippen LogP) is 1.87. The van der Waals surface area contributed by atoms with Gasteiger partial charge in [-0.1, -0.05) is 6.08 Å². The third-order valence-corrected chi connectivity index (χ3v) is 2.33. The molecular formula is C13H16F2N2O2. The van der Waals surface area contributed by atoms with Crippen molar-refractivity contribution in [2.45, 2.75) is 6.42 Å². The number of carbonyl (C=O) groups excluding carboxylic acids is 1. The van der Waals surface area contributed by atoms with Crippen LogP contribution in [-0.2, 0) is 4.74 Å². The number of anilines is 1. The predicted molar refractivity (Wildman–Crippen MR) is 68.7 cm³/mol. The Balaban J connectivity index is 2.45. The van der Waals surface area contributed by atoms with E-state index in [0.717, 1.165) is 12.5 Å². The van der Waals surface area contributed by atoms with Crippen LogP contribution in [0.1, 0.15) is 16.8 Å². The van der Waals surface area contributed by atoms with Crippen LogP contribution in [0.15, 0.2) is 24.8 Å². The van der Waals surface area contributed by atoms with Gasteiger partial charge in [0.05, 0.1) is 24.5 Å². The van der Waals surface area contributed by atoms with Gasteiger partial charge in [0, 0.05) is 12.6 Å². The maximum absolute atomic E-state index is 13.4. The van der Waals surface area contributed by atoms with Gasteiger partial charge < -0.3 is 15.8 Å². The second-order valence-corrected chi connectivity index (χ2v) is 3.80. The van der Waals surface area contributed by atoms with Crippen molar-refractivity contribution in [3.63, 3.8) is 0 Å². The fraction of sp³-hybridized carbons (Fsp3) is 0.308. The molecule has 0 spiro atoms. The monoisotopic (exact) mass is 270 g/mol. The first-order valence-electron chi connectivity index (χ1n) is 5.77. The van der Waals surface area contributed by atoms with Crippen LogP contribution in [0.4, 0.5) is 14.5 Å². The lowest BCUT2D eigenvalue weighted by molar-refractivity contribution is 0.0914. The van der Waals surface area contributed by atoms with Crippen molar-refractivity contribution in [1.82, 2.24) is 5.32 Å². The number of nitrogens with one attached hydrogen (secondary N) is 1. The molecule has 0 heterocycles. The van der Waals surface area contributed by atoms with Crippen LogP contribution in [0.2, 0.25) is 0 Å². The zero-order valence-electron chi connectivity index (χ0n) is 10.4. The molecule has 1 rings (SSSR count). The van der Waals surface area contributed by atoms with Crippen molar-refractivity contribution in [2.24, 2.45) is 0 Å². The quantitative estimate of drug-likeness (QED) is 0.451. The van der Waals surface area contributed by atoms with Crippen molar-refractivity contribution >= 4 is 11.6 Å². The number of nitrogen functional groups attached to an aromatic ring is 1. The summed E-state index contributed by atoms with van der Waals surface area (Å²) >= 11 is 0. The van der Waals surface area contributed by atoms with Gasteiger partial charge in [0.15, 0.2) is 0 Å². The van der Waals surface area contributed by atoms with Gasteiger partial charge in [-0.15, -0.1) is 6.58 Å². The smallest absolute Gasteiger partial charge is 0.254 e. The third-order valence-electron chi connectivity index (χ3n) is 2.33. The Bertz CT molecular complexity index is 464. The second-order valence-electron chi connectivity index (χ2n) is 3.80. The van der Waals surface area contributed by atoms with Gasteiger partial charge in [-0.3, -0.25) is 4.79 Å². The summed E-state index contributed by atoms with van der Waals surface area (Å²) < 4.78 is 31.5. The molecule has 6 heteroatoms. The molecule has 0 aromatic heterocycles. The standard InChI is InChI=1S/C13H16F2N2O2/c1-2-3-5-19-6-4-17-13(18)9-7-12(16)11(15)8-10(9)14/h2,7-8H,1,3-6,16H2,(H,17,18). The number of hydrogen-bond acceptors (Lipinski definition) is 3. The molecule has 0 bridgehead atoms. The van der Waals surface area contributed by atoms with E-state index in [2.05, 4.69) is 11.9 Å². The minimum Gasteiger partial charge on any atom is -0.396 e. The summed E-state index contributed by atoms with van der Waals surface area (Å²) in [5.74, 6) is -2.49. The Kier molecular flexibility index (Phi) is 5.95. The number of ether oxygens (including phenoxy) is 1. The Morgan fingerprint density at radius 1 is 1.37 bits per heavy atom. The van der Waals surface area contributed by atoms with Gasteiger partial charge in [0.1, 0.15) is 11.6 Å². The lowest BCUT2D eigenvalue weighted by atomic mass is 10.1. The van der Waals surface area contributed by atoms with Crippen LogP contribution in [0.3, 0.4) is 0 Å². The van der Waals surface area contributed by atoms with Crippen molar-refractivity contribution in [2.75, 3.05) is 25.5 Å². The number of halogens is 2. The Morgan fingerprint density at radius 2 is 2.11 bits per heavy atom. The van der Waals surface area contributed by atoms with Gasteiger partial charge in [-0.05, 0) is 12.5 Å². The summed E-state index contributed by atoms with van der Waals surface area (Å²) in [5.41, 5.74) is 4.72. The van der Waals surface area contributed by atoms with E-state index < -0.39 is 17.5 Å². The molecule has 0 saturated heterocycles. The fourth-order valence-electron chi connectivity index (χ4n) is 1.34. The zero-order chi connectivity index (χ0) is 14.3. The van der Waals surface area contributed by atoms with Gasteiger partial charge >= 0.3 is 0 Å². The van der Waals surface area contributed by atoms with Gasteiger partial charge in [0.2, 0.25) is 0 Å². The number of rotatable bonds is 7. The van der Waals surface area contributed by atoms with E-state index in [1.165, 1.54) is 0 Å². The molecule has 4 nitrogen and oxygen atoms in total. The Hall–Kier alpha value is -1.95. The van der Waals surface area contributed by atoms with E-state index in [1.807, 2.05) is 0 Å². The SMILES string of the molecule is C=CCCOCCNC(=O)c1cc(N)c(F)cc1F. The molecular weight excluding hydrogens is 254 g/mol. The molecule has 1 amide bonds. The first-order chi connectivity index (χ1) is 9.06. The summed E-state index contributed by atoms with van der Waals surface area (Å²) in [6, 6.07) is 1.56. The van der Waals surface area contributed by atoms with Crippen molar-refractivity contribution < 1.29 is 18.3 Å². The highest BCUT2D eigenvalue weighted by atomic mass is 19.1. The molecule has 19 heavy (non-hydrogen) atoms. The third kappa shape index (κ3) is 4.67. The largest absolute Gasteiger partial charge is 0.396 e. The van der Waals surface area contributed by atoms with E-state index in [9.17, 15) is 13.6 Å². The minimum absolute atomic E-state index is 0.229. The molecule has 1 aromatic carbocycles. The fourth-order valence-corrected chi connectivity index (χ4v) is 1.34. The average Bonchev–Trinajstić information content (AvgIpc) is 2.37. The van der Waals surface area contributed by atoms with Crippen LogP contribution < -0.4 is 11.1 Å². The Labute approximate surface area is 110 Å². The maximum atomic E-state index is 13.4. The zero-order valence-corrected chi connectivity index (χ0v) is 10.4. The molecule has 0 aliphatic rings. The summed E-state index contributed by atoms with van der Waals surface area (Å²) in [7, 11) is 0. The molecule has 0 fully saturated rings. The normalized spacial score (nSPS) is 10.2. The van der Waals surface area contributed by atoms with E-state index >= 15 is 0 Å². The highest BCUT2D eigenvalue weighted by molar-refractivity contribution is 5.95. The van der Waals surface area contributed by atoms with Crippen LogP contribution in [0.5, 0.6) is 0 Å². The van der Waals surface area contributed by atoms with Crippen LogP contribution >= 0.6 is 0 Å². The molecule has 0 unspecified atom stereocenters. The molecule has 0 saturated carbocycles. The lowest BCUT2D eigenvalue weighted by Crippen LogP contribution is -2.28. The molecule has 1 aromatic rings. The highest BCUT2D eigenvalue weighted by Crippen LogP contribution is 2.16. The molecule has 104 valence electrons. The average molecular weight is 270 g/mol. The van der Waals surface area contributed by atoms with Gasteiger partial charge in [0.25, 0.3) is 5.91 Å².